The van der Waals surface area contributed by atoms with Crippen molar-refractivity contribution in [1.82, 2.24) is 0 Å². The fourth-order valence-corrected chi connectivity index (χ4v) is 4.47. The van der Waals surface area contributed by atoms with Gasteiger partial charge in [0, 0.05) is 5.92 Å². The van der Waals surface area contributed by atoms with E-state index in [9.17, 15) is 0 Å². The Kier molecular flexibility index (Phi) is 2.99. The molecule has 0 saturated carbocycles. The molecule has 0 nitrogen and oxygen atoms in total. The van der Waals surface area contributed by atoms with E-state index in [0.717, 1.165) is 12.8 Å². The zero-order valence-electron chi connectivity index (χ0n) is 13.9. The summed E-state index contributed by atoms with van der Waals surface area (Å²) in [6.07, 6.45) is 6.80. The lowest BCUT2D eigenvalue weighted by Gasteiger charge is -2.17. The van der Waals surface area contributed by atoms with Crippen molar-refractivity contribution < 1.29 is 0 Å². The zero-order valence-corrected chi connectivity index (χ0v) is 13.9. The summed E-state index contributed by atoms with van der Waals surface area (Å²) in [5, 5.41) is 0. The van der Waals surface area contributed by atoms with Crippen LogP contribution in [0.4, 0.5) is 0 Å². The van der Waals surface area contributed by atoms with Gasteiger partial charge in [-0.25, -0.2) is 0 Å². The summed E-state index contributed by atoms with van der Waals surface area (Å²) in [5.41, 5.74) is 11.7. The minimum Gasteiger partial charge on any atom is -0.0795 e. The van der Waals surface area contributed by atoms with E-state index in [1.807, 2.05) is 0 Å². The highest BCUT2D eigenvalue weighted by atomic mass is 14.3. The van der Waals surface area contributed by atoms with Crippen LogP contribution in [0.3, 0.4) is 0 Å². The van der Waals surface area contributed by atoms with Gasteiger partial charge in [-0.2, -0.15) is 0 Å². The van der Waals surface area contributed by atoms with Crippen LogP contribution in [0, 0.1) is 6.92 Å². The van der Waals surface area contributed by atoms with E-state index in [1.165, 1.54) is 44.5 Å². The summed E-state index contributed by atoms with van der Waals surface area (Å²) in [5.74, 6) is 0.471. The Morgan fingerprint density at radius 2 is 1.50 bits per heavy atom. The second-order valence-electron chi connectivity index (χ2n) is 6.97. The molecule has 0 saturated heterocycles. The highest BCUT2D eigenvalue weighted by molar-refractivity contribution is 5.79. The Labute approximate surface area is 143 Å². The highest BCUT2D eigenvalue weighted by Crippen LogP contribution is 2.46. The second-order valence-corrected chi connectivity index (χ2v) is 6.97. The van der Waals surface area contributed by atoms with Crippen molar-refractivity contribution in [2.45, 2.75) is 25.7 Å². The molecule has 0 aliphatic heterocycles. The Balaban J connectivity index is 1.64. The topological polar surface area (TPSA) is 0 Å². The zero-order chi connectivity index (χ0) is 16.1. The van der Waals surface area contributed by atoms with Crippen molar-refractivity contribution in [3.05, 3.63) is 100 Å². The van der Waals surface area contributed by atoms with Gasteiger partial charge in [-0.05, 0) is 64.3 Å². The van der Waals surface area contributed by atoms with Gasteiger partial charge in [0.05, 0.1) is 0 Å². The van der Waals surface area contributed by atoms with Gasteiger partial charge in [-0.3, -0.25) is 0 Å². The van der Waals surface area contributed by atoms with E-state index in [0.29, 0.717) is 5.92 Å². The van der Waals surface area contributed by atoms with Gasteiger partial charge in [-0.15, -0.1) is 0 Å². The van der Waals surface area contributed by atoms with Gasteiger partial charge < -0.3 is 0 Å². The number of hydrogen-bond donors (Lipinski definition) is 0. The van der Waals surface area contributed by atoms with Crippen LogP contribution in [0.5, 0.6) is 0 Å². The minimum atomic E-state index is 0.471. The van der Waals surface area contributed by atoms with E-state index in [-0.39, 0.29) is 0 Å². The predicted octanol–water partition coefficient (Wildman–Crippen LogP) is 5.92. The first-order valence-electron chi connectivity index (χ1n) is 8.79. The van der Waals surface area contributed by atoms with E-state index in [4.69, 9.17) is 0 Å². The summed E-state index contributed by atoms with van der Waals surface area (Å²) < 4.78 is 0. The molecule has 3 aromatic carbocycles. The number of rotatable bonds is 2. The van der Waals surface area contributed by atoms with E-state index >= 15 is 0 Å². The summed E-state index contributed by atoms with van der Waals surface area (Å²) in [4.78, 5) is 0. The number of hydrogen-bond acceptors (Lipinski definition) is 0. The molecule has 0 unspecified atom stereocenters. The monoisotopic (exact) mass is 308 g/mol. The maximum Gasteiger partial charge on any atom is 0.0142 e. The molecule has 0 amide bonds. The molecule has 0 N–H and O–H groups in total. The average molecular weight is 308 g/mol. The van der Waals surface area contributed by atoms with Crippen LogP contribution >= 0.6 is 0 Å². The maximum atomic E-state index is 2.34. The van der Waals surface area contributed by atoms with Crippen LogP contribution < -0.4 is 0 Å². The largest absolute Gasteiger partial charge is 0.0795 e. The Morgan fingerprint density at radius 1 is 0.833 bits per heavy atom. The minimum absolute atomic E-state index is 0.471. The fraction of sp³-hybridized carbons (Fsp3) is 0.167. The Bertz CT molecular complexity index is 930. The normalized spacial score (nSPS) is 14.5. The molecular formula is C24H20. The number of allylic oxidation sites excluding steroid dienone is 1. The van der Waals surface area contributed by atoms with Crippen molar-refractivity contribution in [2.75, 3.05) is 0 Å². The van der Waals surface area contributed by atoms with E-state index < -0.39 is 0 Å². The maximum absolute atomic E-state index is 2.34. The molecule has 0 radical (unpaired) electrons. The first kappa shape index (κ1) is 13.8. The van der Waals surface area contributed by atoms with Crippen molar-refractivity contribution in [3.8, 4) is 11.1 Å². The van der Waals surface area contributed by atoms with Crippen LogP contribution in [-0.4, -0.2) is 0 Å². The van der Waals surface area contributed by atoms with Gasteiger partial charge in [0.25, 0.3) is 0 Å². The van der Waals surface area contributed by atoms with Gasteiger partial charge in [0.1, 0.15) is 0 Å². The number of benzene rings is 3. The smallest absolute Gasteiger partial charge is 0.0142 e. The molecule has 3 aromatic rings. The van der Waals surface area contributed by atoms with E-state index in [2.05, 4.69) is 79.7 Å². The molecule has 0 fully saturated rings. The molecule has 0 heterocycles. The first-order chi connectivity index (χ1) is 11.8. The molecule has 0 heteroatoms. The summed E-state index contributed by atoms with van der Waals surface area (Å²) in [6.45, 7) is 2.23. The van der Waals surface area contributed by atoms with Crippen LogP contribution in [0.15, 0.2) is 66.7 Å². The Hall–Kier alpha value is -2.60. The lowest BCUT2D eigenvalue weighted by atomic mass is 9.87. The fourth-order valence-electron chi connectivity index (χ4n) is 4.47. The van der Waals surface area contributed by atoms with Crippen molar-refractivity contribution in [1.29, 1.82) is 0 Å². The lowest BCUT2D eigenvalue weighted by Crippen LogP contribution is -2.04. The molecule has 2 aliphatic carbocycles. The predicted molar refractivity (Wildman–Crippen MR) is 101 cm³/mol. The highest BCUT2D eigenvalue weighted by Gasteiger charge is 2.29. The van der Waals surface area contributed by atoms with Gasteiger partial charge in [0.15, 0.2) is 0 Å². The molecule has 24 heavy (non-hydrogen) atoms. The molecule has 0 bridgehead atoms. The molecular weight excluding hydrogens is 288 g/mol. The van der Waals surface area contributed by atoms with Crippen molar-refractivity contribution in [3.63, 3.8) is 0 Å². The number of aryl methyl sites for hydroxylation is 1. The molecule has 0 spiro atoms. The van der Waals surface area contributed by atoms with Crippen molar-refractivity contribution in [2.24, 2.45) is 0 Å². The van der Waals surface area contributed by atoms with Crippen molar-refractivity contribution >= 4 is 6.08 Å². The number of fused-ring (bicyclic) bond motifs is 4. The summed E-state index contributed by atoms with van der Waals surface area (Å²) in [6, 6.07) is 22.5. The van der Waals surface area contributed by atoms with Crippen LogP contribution in [0.1, 0.15) is 39.3 Å². The summed E-state index contributed by atoms with van der Waals surface area (Å²) in [7, 11) is 0. The summed E-state index contributed by atoms with van der Waals surface area (Å²) >= 11 is 0. The van der Waals surface area contributed by atoms with Crippen LogP contribution in [0.25, 0.3) is 17.2 Å². The third-order valence-electron chi connectivity index (χ3n) is 5.67. The van der Waals surface area contributed by atoms with E-state index in [1.54, 1.807) is 0 Å². The molecule has 5 rings (SSSR count). The van der Waals surface area contributed by atoms with Gasteiger partial charge in [-0.1, -0.05) is 72.8 Å². The lowest BCUT2D eigenvalue weighted by molar-refractivity contribution is 0.824. The third-order valence-corrected chi connectivity index (χ3v) is 5.67. The Morgan fingerprint density at radius 3 is 2.21 bits per heavy atom. The average Bonchev–Trinajstić information content (AvgIpc) is 3.23. The quantitative estimate of drug-likeness (QED) is 0.551. The molecule has 0 aromatic heterocycles. The SMILES string of the molecule is Cc1ccc(CC2c3ccccc3-c3ccccc32)c2c1CC=C2. The third kappa shape index (κ3) is 1.93. The second kappa shape index (κ2) is 5.21. The standard InChI is InChI=1S/C24H20/c1-16-13-14-17(19-12-6-11-18(16)19)15-24-22-9-4-2-7-20(22)21-8-3-5-10-23(21)24/h2-10,12-14,24H,11,15H2,1H3. The van der Waals surface area contributed by atoms with Crippen LogP contribution in [-0.2, 0) is 12.8 Å². The molecule has 0 atom stereocenters. The molecule has 2 aliphatic rings. The van der Waals surface area contributed by atoms with Gasteiger partial charge >= 0.3 is 0 Å². The van der Waals surface area contributed by atoms with Gasteiger partial charge in [0.2, 0.25) is 0 Å². The van der Waals surface area contributed by atoms with Crippen LogP contribution in [0.2, 0.25) is 0 Å². The first-order valence-corrected chi connectivity index (χ1v) is 8.79. The molecule has 116 valence electrons.